The van der Waals surface area contributed by atoms with Gasteiger partial charge in [0, 0.05) is 28.8 Å². The number of amides is 3. The fraction of sp³-hybridized carbons (Fsp3) is 0.348. The van der Waals surface area contributed by atoms with Gasteiger partial charge in [-0.2, -0.15) is 5.01 Å². The molecule has 3 atom stereocenters. The zero-order valence-electron chi connectivity index (χ0n) is 18.6. The summed E-state index contributed by atoms with van der Waals surface area (Å²) in [5.74, 6) is -2.92. The van der Waals surface area contributed by atoms with Gasteiger partial charge in [0.25, 0.3) is 29.1 Å². The van der Waals surface area contributed by atoms with Gasteiger partial charge in [0.2, 0.25) is 0 Å². The standard InChI is InChI=1S/C23H21ClN4O7/c1-13-5-8-18-19(9-13)23(31)26(22(18)30)25(12-15-6-7-16(24)11-20(15)28(34)35)21(29)14-3-2-4-17(10-14)27(32)33/h2-4,6-7,10-11,13,18-19H,5,8-9,12H2,1H3/t13-,18+,19+/m1/s1. The lowest BCUT2D eigenvalue weighted by Crippen LogP contribution is -2.49. The van der Waals surface area contributed by atoms with E-state index in [-0.39, 0.29) is 33.4 Å². The highest BCUT2D eigenvalue weighted by molar-refractivity contribution is 6.30. The van der Waals surface area contributed by atoms with Crippen LogP contribution in [0.3, 0.4) is 0 Å². The molecule has 12 heteroatoms. The molecule has 2 aliphatic rings. The van der Waals surface area contributed by atoms with Crippen LogP contribution in [0.15, 0.2) is 42.5 Å². The lowest BCUT2D eigenvalue weighted by atomic mass is 9.76. The van der Waals surface area contributed by atoms with Crippen molar-refractivity contribution in [1.29, 1.82) is 0 Å². The maximum absolute atomic E-state index is 13.6. The van der Waals surface area contributed by atoms with Crippen LogP contribution in [0.5, 0.6) is 0 Å². The zero-order valence-corrected chi connectivity index (χ0v) is 19.4. The highest BCUT2D eigenvalue weighted by Crippen LogP contribution is 2.42. The number of rotatable bonds is 6. The first kappa shape index (κ1) is 24.3. The Kier molecular flexibility index (Phi) is 6.53. The van der Waals surface area contributed by atoms with Crippen molar-refractivity contribution in [3.63, 3.8) is 0 Å². The largest absolute Gasteiger partial charge is 0.275 e. The summed E-state index contributed by atoms with van der Waals surface area (Å²) in [5, 5.41) is 24.6. The quantitative estimate of drug-likeness (QED) is 0.329. The van der Waals surface area contributed by atoms with E-state index in [2.05, 4.69) is 0 Å². The Morgan fingerprint density at radius 2 is 1.77 bits per heavy atom. The average molecular weight is 501 g/mol. The molecule has 0 spiro atoms. The fourth-order valence-corrected chi connectivity index (χ4v) is 4.91. The van der Waals surface area contributed by atoms with Crippen LogP contribution in [0.2, 0.25) is 5.02 Å². The highest BCUT2D eigenvalue weighted by Gasteiger charge is 2.52. The molecule has 1 aliphatic heterocycles. The first-order valence-corrected chi connectivity index (χ1v) is 11.3. The predicted octanol–water partition coefficient (Wildman–Crippen LogP) is 4.14. The molecule has 0 unspecified atom stereocenters. The van der Waals surface area contributed by atoms with Gasteiger partial charge in [-0.3, -0.25) is 34.6 Å². The molecular weight excluding hydrogens is 480 g/mol. The fourth-order valence-electron chi connectivity index (χ4n) is 4.75. The molecule has 2 aromatic carbocycles. The molecule has 0 aromatic heterocycles. The highest BCUT2D eigenvalue weighted by atomic mass is 35.5. The Morgan fingerprint density at radius 1 is 1.06 bits per heavy atom. The second-order valence-electron chi connectivity index (χ2n) is 8.82. The van der Waals surface area contributed by atoms with Gasteiger partial charge in [0.05, 0.1) is 33.8 Å². The minimum absolute atomic E-state index is 0.0435. The van der Waals surface area contributed by atoms with E-state index in [1.54, 1.807) is 0 Å². The molecule has 2 aromatic rings. The van der Waals surface area contributed by atoms with Gasteiger partial charge < -0.3 is 0 Å². The molecule has 182 valence electrons. The summed E-state index contributed by atoms with van der Waals surface area (Å²) in [6, 6.07) is 8.71. The van der Waals surface area contributed by atoms with Crippen LogP contribution in [0, 0.1) is 38.0 Å². The average Bonchev–Trinajstić information content (AvgIpc) is 3.07. The number of hydrogen-bond acceptors (Lipinski definition) is 7. The second kappa shape index (κ2) is 9.41. The van der Waals surface area contributed by atoms with E-state index < -0.39 is 45.9 Å². The second-order valence-corrected chi connectivity index (χ2v) is 9.26. The van der Waals surface area contributed by atoms with Crippen molar-refractivity contribution in [3.8, 4) is 0 Å². The maximum atomic E-state index is 13.6. The molecule has 0 N–H and O–H groups in total. The van der Waals surface area contributed by atoms with Crippen LogP contribution in [0.4, 0.5) is 11.4 Å². The Bertz CT molecular complexity index is 1250. The monoisotopic (exact) mass is 500 g/mol. The SMILES string of the molecule is C[C@@H]1CC[C@@H]2C(=O)N(N(Cc3ccc(Cl)cc3[N+](=O)[O-])C(=O)c3cccc([N+](=O)[O-])c3)C(=O)[C@H]2C1. The third-order valence-corrected chi connectivity index (χ3v) is 6.74. The number of hydrazine groups is 1. The van der Waals surface area contributed by atoms with E-state index in [1.165, 1.54) is 30.3 Å². The van der Waals surface area contributed by atoms with E-state index in [0.717, 1.165) is 28.6 Å². The van der Waals surface area contributed by atoms with Gasteiger partial charge >= 0.3 is 0 Å². The van der Waals surface area contributed by atoms with Gasteiger partial charge in [0.1, 0.15) is 0 Å². The van der Waals surface area contributed by atoms with Gasteiger partial charge in [-0.1, -0.05) is 24.6 Å². The summed E-state index contributed by atoms with van der Waals surface area (Å²) in [6.45, 7) is 1.50. The lowest BCUT2D eigenvalue weighted by Gasteiger charge is -2.30. The number of nitro benzene ring substituents is 2. The number of carbonyl (C=O) groups excluding carboxylic acids is 3. The number of halogens is 1. The molecule has 0 radical (unpaired) electrons. The Morgan fingerprint density at radius 3 is 2.46 bits per heavy atom. The number of nitro groups is 2. The van der Waals surface area contributed by atoms with E-state index in [9.17, 15) is 34.6 Å². The smallest absolute Gasteiger partial charge is 0.272 e. The third-order valence-electron chi connectivity index (χ3n) is 6.51. The maximum Gasteiger partial charge on any atom is 0.275 e. The van der Waals surface area contributed by atoms with E-state index in [0.29, 0.717) is 12.8 Å². The van der Waals surface area contributed by atoms with Crippen LogP contribution in [-0.2, 0) is 16.1 Å². The predicted molar refractivity (Wildman–Crippen MR) is 123 cm³/mol. The molecule has 1 saturated heterocycles. The van der Waals surface area contributed by atoms with Crippen molar-refractivity contribution in [2.75, 3.05) is 0 Å². The van der Waals surface area contributed by atoms with Crippen LogP contribution >= 0.6 is 11.6 Å². The molecule has 35 heavy (non-hydrogen) atoms. The van der Waals surface area contributed by atoms with Gasteiger partial charge in [-0.15, -0.1) is 0 Å². The van der Waals surface area contributed by atoms with Crippen molar-refractivity contribution < 1.29 is 24.2 Å². The number of fused-ring (bicyclic) bond motifs is 1. The molecular formula is C23H21ClN4O7. The van der Waals surface area contributed by atoms with Crippen LogP contribution in [-0.4, -0.2) is 37.6 Å². The zero-order chi connectivity index (χ0) is 25.4. The Labute approximate surface area is 204 Å². The van der Waals surface area contributed by atoms with E-state index in [4.69, 9.17) is 11.6 Å². The van der Waals surface area contributed by atoms with Crippen molar-refractivity contribution in [3.05, 3.63) is 78.8 Å². The molecule has 4 rings (SSSR count). The van der Waals surface area contributed by atoms with Crippen molar-refractivity contribution in [2.24, 2.45) is 17.8 Å². The third kappa shape index (κ3) is 4.59. The lowest BCUT2D eigenvalue weighted by molar-refractivity contribution is -0.385. The molecule has 1 aliphatic carbocycles. The van der Waals surface area contributed by atoms with Gasteiger partial charge in [-0.05, 0) is 43.4 Å². The van der Waals surface area contributed by atoms with Crippen LogP contribution in [0.1, 0.15) is 42.1 Å². The molecule has 0 bridgehead atoms. The van der Waals surface area contributed by atoms with Crippen molar-refractivity contribution in [1.82, 2.24) is 10.0 Å². The van der Waals surface area contributed by atoms with Gasteiger partial charge in [0.15, 0.2) is 0 Å². The summed E-state index contributed by atoms with van der Waals surface area (Å²) in [6.07, 6.45) is 1.74. The molecule has 1 saturated carbocycles. The molecule has 11 nitrogen and oxygen atoms in total. The van der Waals surface area contributed by atoms with E-state index in [1.807, 2.05) is 6.92 Å². The van der Waals surface area contributed by atoms with Crippen LogP contribution < -0.4 is 0 Å². The summed E-state index contributed by atoms with van der Waals surface area (Å²) in [5.41, 5.74) is -0.837. The number of carbonyl (C=O) groups is 3. The number of imide groups is 1. The number of non-ortho nitro benzene ring substituents is 1. The minimum atomic E-state index is -0.869. The van der Waals surface area contributed by atoms with E-state index >= 15 is 0 Å². The molecule has 2 fully saturated rings. The number of nitrogens with zero attached hydrogens (tertiary/aromatic N) is 4. The normalized spacial score (nSPS) is 21.5. The number of benzene rings is 2. The summed E-state index contributed by atoms with van der Waals surface area (Å²) >= 11 is 5.91. The summed E-state index contributed by atoms with van der Waals surface area (Å²) in [4.78, 5) is 61.8. The van der Waals surface area contributed by atoms with Crippen LogP contribution in [0.25, 0.3) is 0 Å². The summed E-state index contributed by atoms with van der Waals surface area (Å²) in [7, 11) is 0. The molecule has 3 amide bonds. The Balaban J connectivity index is 1.79. The summed E-state index contributed by atoms with van der Waals surface area (Å²) < 4.78 is 0. The first-order chi connectivity index (χ1) is 16.6. The first-order valence-electron chi connectivity index (χ1n) is 10.9. The molecule has 1 heterocycles. The van der Waals surface area contributed by atoms with Crippen molar-refractivity contribution >= 4 is 40.7 Å². The number of hydrogen-bond donors (Lipinski definition) is 0. The minimum Gasteiger partial charge on any atom is -0.272 e. The van der Waals surface area contributed by atoms with Crippen molar-refractivity contribution in [2.45, 2.75) is 32.7 Å². The topological polar surface area (TPSA) is 144 Å². The Hall–Kier alpha value is -3.86. The van der Waals surface area contributed by atoms with Gasteiger partial charge in [-0.25, -0.2) is 5.01 Å².